The molecule has 2 rings (SSSR count). The molecule has 0 spiro atoms. The van der Waals surface area contributed by atoms with Gasteiger partial charge in [0.15, 0.2) is 0 Å². The predicted molar refractivity (Wildman–Crippen MR) is 73.8 cm³/mol. The molecule has 0 aromatic heterocycles. The maximum atomic E-state index is 3.59. The number of halogens is 1. The molecule has 0 bridgehead atoms. The van der Waals surface area contributed by atoms with Gasteiger partial charge in [0.1, 0.15) is 0 Å². The van der Waals surface area contributed by atoms with E-state index >= 15 is 0 Å². The van der Waals surface area contributed by atoms with Gasteiger partial charge in [0, 0.05) is 4.47 Å². The molecule has 82 valence electrons. The van der Waals surface area contributed by atoms with E-state index in [1.165, 1.54) is 32.3 Å². The Labute approximate surface area is 105 Å². The summed E-state index contributed by atoms with van der Waals surface area (Å²) < 4.78 is 1.17. The van der Waals surface area contributed by atoms with Crippen molar-refractivity contribution in [3.8, 4) is 11.1 Å². The number of hydrogen-bond acceptors (Lipinski definition) is 0. The lowest BCUT2D eigenvalue weighted by Gasteiger charge is -2.10. The molecule has 0 amide bonds. The van der Waals surface area contributed by atoms with Crippen LogP contribution >= 0.6 is 15.9 Å². The molecule has 0 aliphatic heterocycles. The zero-order valence-corrected chi connectivity index (χ0v) is 11.4. The summed E-state index contributed by atoms with van der Waals surface area (Å²) in [6.07, 6.45) is 0. The van der Waals surface area contributed by atoms with Gasteiger partial charge in [-0.2, -0.15) is 0 Å². The largest absolute Gasteiger partial charge is 0.0614 e. The highest BCUT2D eigenvalue weighted by molar-refractivity contribution is 9.10. The average molecular weight is 275 g/mol. The third kappa shape index (κ3) is 2.05. The van der Waals surface area contributed by atoms with Crippen molar-refractivity contribution in [2.75, 3.05) is 0 Å². The Balaban J connectivity index is 2.59. The van der Waals surface area contributed by atoms with Crippen LogP contribution in [0.15, 0.2) is 40.9 Å². The fourth-order valence-electron chi connectivity index (χ4n) is 1.82. The van der Waals surface area contributed by atoms with Crippen LogP contribution in [-0.4, -0.2) is 0 Å². The van der Waals surface area contributed by atoms with Crippen molar-refractivity contribution in [2.45, 2.75) is 20.8 Å². The van der Waals surface area contributed by atoms with Gasteiger partial charge in [-0.1, -0.05) is 46.3 Å². The standard InChI is InChI=1S/C15H15Br/c1-10-5-4-6-14(12(10)3)13-8-7-11(2)15(16)9-13/h4-9H,1-3H3. The molecular weight excluding hydrogens is 260 g/mol. The summed E-state index contributed by atoms with van der Waals surface area (Å²) in [5.41, 5.74) is 6.57. The molecule has 0 aliphatic rings. The monoisotopic (exact) mass is 274 g/mol. The molecule has 16 heavy (non-hydrogen) atoms. The van der Waals surface area contributed by atoms with Crippen LogP contribution in [0.2, 0.25) is 0 Å². The van der Waals surface area contributed by atoms with E-state index in [1.807, 2.05) is 0 Å². The van der Waals surface area contributed by atoms with E-state index in [-0.39, 0.29) is 0 Å². The minimum Gasteiger partial charge on any atom is -0.0614 e. The number of rotatable bonds is 1. The SMILES string of the molecule is Cc1ccc(-c2cccc(C)c2C)cc1Br. The number of aryl methyl sites for hydroxylation is 2. The lowest BCUT2D eigenvalue weighted by atomic mass is 9.97. The first-order valence-electron chi connectivity index (χ1n) is 5.42. The average Bonchev–Trinajstić information content (AvgIpc) is 2.26. The third-order valence-electron chi connectivity index (χ3n) is 3.09. The molecule has 0 unspecified atom stereocenters. The summed E-state index contributed by atoms with van der Waals surface area (Å²) in [7, 11) is 0. The smallest absolute Gasteiger partial charge is 0.0210 e. The molecule has 0 nitrogen and oxygen atoms in total. The van der Waals surface area contributed by atoms with Crippen LogP contribution in [0.25, 0.3) is 11.1 Å². The maximum absolute atomic E-state index is 3.59. The molecule has 1 heteroatoms. The van der Waals surface area contributed by atoms with Gasteiger partial charge >= 0.3 is 0 Å². The van der Waals surface area contributed by atoms with Gasteiger partial charge in [0.05, 0.1) is 0 Å². The Morgan fingerprint density at radius 2 is 1.62 bits per heavy atom. The first-order chi connectivity index (χ1) is 7.59. The molecule has 0 fully saturated rings. The van der Waals surface area contributed by atoms with Crippen molar-refractivity contribution >= 4 is 15.9 Å². The minimum atomic E-state index is 1.17. The second-order valence-electron chi connectivity index (χ2n) is 4.21. The Morgan fingerprint density at radius 1 is 0.875 bits per heavy atom. The fraction of sp³-hybridized carbons (Fsp3) is 0.200. The van der Waals surface area contributed by atoms with Gasteiger partial charge in [-0.3, -0.25) is 0 Å². The van der Waals surface area contributed by atoms with E-state index < -0.39 is 0 Å². The number of benzene rings is 2. The van der Waals surface area contributed by atoms with Crippen molar-refractivity contribution in [3.05, 3.63) is 57.6 Å². The quantitative estimate of drug-likeness (QED) is 0.683. The Morgan fingerprint density at radius 3 is 2.31 bits per heavy atom. The van der Waals surface area contributed by atoms with E-state index in [9.17, 15) is 0 Å². The van der Waals surface area contributed by atoms with E-state index in [4.69, 9.17) is 0 Å². The normalized spacial score (nSPS) is 10.5. The maximum Gasteiger partial charge on any atom is 0.0210 e. The molecule has 0 radical (unpaired) electrons. The van der Waals surface area contributed by atoms with Gasteiger partial charge in [0.25, 0.3) is 0 Å². The topological polar surface area (TPSA) is 0 Å². The second-order valence-corrected chi connectivity index (χ2v) is 5.07. The molecule has 0 heterocycles. The van der Waals surface area contributed by atoms with Crippen LogP contribution in [0.1, 0.15) is 16.7 Å². The van der Waals surface area contributed by atoms with Gasteiger partial charge in [-0.05, 0) is 54.7 Å². The summed E-state index contributed by atoms with van der Waals surface area (Å²) in [6, 6.07) is 13.0. The van der Waals surface area contributed by atoms with Crippen LogP contribution in [0, 0.1) is 20.8 Å². The highest BCUT2D eigenvalue weighted by Gasteiger charge is 2.04. The van der Waals surface area contributed by atoms with Crippen molar-refractivity contribution in [1.82, 2.24) is 0 Å². The Hall–Kier alpha value is -1.08. The molecule has 0 atom stereocenters. The molecule has 0 saturated carbocycles. The first kappa shape index (κ1) is 11.4. The zero-order valence-electron chi connectivity index (χ0n) is 9.84. The van der Waals surface area contributed by atoms with Crippen molar-refractivity contribution in [3.63, 3.8) is 0 Å². The van der Waals surface area contributed by atoms with E-state index in [0.717, 1.165) is 0 Å². The van der Waals surface area contributed by atoms with Crippen LogP contribution in [0.5, 0.6) is 0 Å². The summed E-state index contributed by atoms with van der Waals surface area (Å²) in [5, 5.41) is 0. The Bertz CT molecular complexity index is 527. The van der Waals surface area contributed by atoms with Crippen molar-refractivity contribution in [2.24, 2.45) is 0 Å². The molecule has 0 N–H and O–H groups in total. The van der Waals surface area contributed by atoms with Crippen LogP contribution in [0.3, 0.4) is 0 Å². The molecule has 2 aromatic carbocycles. The van der Waals surface area contributed by atoms with E-state index in [1.54, 1.807) is 0 Å². The summed E-state index contributed by atoms with van der Waals surface area (Å²) in [6.45, 7) is 6.44. The van der Waals surface area contributed by atoms with Crippen LogP contribution in [-0.2, 0) is 0 Å². The van der Waals surface area contributed by atoms with Crippen molar-refractivity contribution in [1.29, 1.82) is 0 Å². The van der Waals surface area contributed by atoms with E-state index in [0.29, 0.717) is 0 Å². The van der Waals surface area contributed by atoms with Gasteiger partial charge < -0.3 is 0 Å². The van der Waals surface area contributed by atoms with Gasteiger partial charge in [-0.25, -0.2) is 0 Å². The first-order valence-corrected chi connectivity index (χ1v) is 6.21. The van der Waals surface area contributed by atoms with Crippen LogP contribution in [0.4, 0.5) is 0 Å². The molecule has 0 aliphatic carbocycles. The minimum absolute atomic E-state index is 1.17. The zero-order chi connectivity index (χ0) is 11.7. The fourth-order valence-corrected chi connectivity index (χ4v) is 2.20. The molecule has 0 saturated heterocycles. The van der Waals surface area contributed by atoms with Gasteiger partial charge in [0.2, 0.25) is 0 Å². The van der Waals surface area contributed by atoms with Crippen molar-refractivity contribution < 1.29 is 0 Å². The highest BCUT2D eigenvalue weighted by Crippen LogP contribution is 2.29. The summed E-state index contributed by atoms with van der Waals surface area (Å²) in [4.78, 5) is 0. The highest BCUT2D eigenvalue weighted by atomic mass is 79.9. The predicted octanol–water partition coefficient (Wildman–Crippen LogP) is 5.04. The van der Waals surface area contributed by atoms with Gasteiger partial charge in [-0.15, -0.1) is 0 Å². The number of hydrogen-bond donors (Lipinski definition) is 0. The molecule has 2 aromatic rings. The van der Waals surface area contributed by atoms with E-state index in [2.05, 4.69) is 73.1 Å². The second kappa shape index (κ2) is 4.42. The summed E-state index contributed by atoms with van der Waals surface area (Å²) >= 11 is 3.59. The lowest BCUT2D eigenvalue weighted by molar-refractivity contribution is 1.33. The lowest BCUT2D eigenvalue weighted by Crippen LogP contribution is -1.87. The summed E-state index contributed by atoms with van der Waals surface area (Å²) in [5.74, 6) is 0. The molecular formula is C15H15Br. The van der Waals surface area contributed by atoms with Crippen LogP contribution < -0.4 is 0 Å². The Kier molecular flexibility index (Phi) is 3.15. The third-order valence-corrected chi connectivity index (χ3v) is 3.94.